The van der Waals surface area contributed by atoms with Gasteiger partial charge in [-0.25, -0.2) is 4.79 Å². The van der Waals surface area contributed by atoms with Gasteiger partial charge in [0.1, 0.15) is 11.8 Å². The summed E-state index contributed by atoms with van der Waals surface area (Å²) in [6.45, 7) is 4.05. The van der Waals surface area contributed by atoms with Crippen molar-refractivity contribution in [3.05, 3.63) is 41.7 Å². The Morgan fingerprint density at radius 1 is 1.20 bits per heavy atom. The molecular weight excluding hydrogens is 276 g/mol. The number of hydrogen-bond donors (Lipinski definition) is 0. The van der Waals surface area contributed by atoms with Gasteiger partial charge in [-0.15, -0.1) is 11.8 Å². The molecule has 0 aliphatic carbocycles. The summed E-state index contributed by atoms with van der Waals surface area (Å²) in [7, 11) is 0. The van der Waals surface area contributed by atoms with Crippen LogP contribution >= 0.6 is 11.8 Å². The van der Waals surface area contributed by atoms with Gasteiger partial charge >= 0.3 is 5.97 Å². The van der Waals surface area contributed by atoms with Crippen molar-refractivity contribution in [3.63, 3.8) is 0 Å². The third kappa shape index (κ3) is 4.13. The van der Waals surface area contributed by atoms with E-state index in [1.165, 1.54) is 18.0 Å². The second-order valence-electron chi connectivity index (χ2n) is 3.74. The Hall–Kier alpha value is -1.75. The summed E-state index contributed by atoms with van der Waals surface area (Å²) in [6.07, 6.45) is 3.06. The summed E-state index contributed by atoms with van der Waals surface area (Å²) in [5, 5.41) is 0. The lowest BCUT2D eigenvalue weighted by Crippen LogP contribution is -2.17. The fourth-order valence-corrected chi connectivity index (χ4v) is 2.14. The van der Waals surface area contributed by atoms with Gasteiger partial charge in [0.2, 0.25) is 5.78 Å². The summed E-state index contributed by atoms with van der Waals surface area (Å²) in [6, 6.07) is 7.13. The number of rotatable bonds is 7. The molecule has 0 amide bonds. The van der Waals surface area contributed by atoms with E-state index < -0.39 is 5.97 Å². The van der Waals surface area contributed by atoms with E-state index in [-0.39, 0.29) is 18.0 Å². The van der Waals surface area contributed by atoms with Crippen LogP contribution in [0.5, 0.6) is 0 Å². The summed E-state index contributed by atoms with van der Waals surface area (Å²) < 4.78 is 9.99. The van der Waals surface area contributed by atoms with Crippen LogP contribution in [0.2, 0.25) is 0 Å². The van der Waals surface area contributed by atoms with Crippen LogP contribution in [0.25, 0.3) is 0 Å². The SMILES string of the molecule is CCOC=C(C(=O)OCC)C(=O)c1ccccc1SC. The number of ketones is 1. The summed E-state index contributed by atoms with van der Waals surface area (Å²) in [5.41, 5.74) is 0.384. The highest BCUT2D eigenvalue weighted by Gasteiger charge is 2.23. The molecule has 0 atom stereocenters. The summed E-state index contributed by atoms with van der Waals surface area (Å²) in [4.78, 5) is 25.2. The Balaban J connectivity index is 3.13. The van der Waals surface area contributed by atoms with Crippen LogP contribution in [0, 0.1) is 0 Å². The molecule has 1 aromatic carbocycles. The van der Waals surface area contributed by atoms with E-state index in [0.717, 1.165) is 4.90 Å². The highest BCUT2D eigenvalue weighted by atomic mass is 32.2. The normalized spacial score (nSPS) is 11.1. The van der Waals surface area contributed by atoms with E-state index >= 15 is 0 Å². The minimum absolute atomic E-state index is 0.0878. The van der Waals surface area contributed by atoms with Crippen molar-refractivity contribution in [1.29, 1.82) is 0 Å². The first-order valence-electron chi connectivity index (χ1n) is 6.32. The van der Waals surface area contributed by atoms with Crippen LogP contribution in [-0.4, -0.2) is 31.2 Å². The summed E-state index contributed by atoms with van der Waals surface area (Å²) >= 11 is 1.45. The molecule has 0 bridgehead atoms. The lowest BCUT2D eigenvalue weighted by atomic mass is 10.0. The molecule has 0 saturated carbocycles. The second-order valence-corrected chi connectivity index (χ2v) is 4.58. The van der Waals surface area contributed by atoms with Crippen molar-refractivity contribution in [3.8, 4) is 0 Å². The molecule has 0 fully saturated rings. The van der Waals surface area contributed by atoms with Gasteiger partial charge in [-0.05, 0) is 32.2 Å². The van der Waals surface area contributed by atoms with E-state index in [4.69, 9.17) is 9.47 Å². The Morgan fingerprint density at radius 3 is 2.50 bits per heavy atom. The molecule has 0 aliphatic rings. The van der Waals surface area contributed by atoms with Crippen molar-refractivity contribution in [2.45, 2.75) is 18.7 Å². The van der Waals surface area contributed by atoms with Gasteiger partial charge in [-0.2, -0.15) is 0 Å². The number of carbonyl (C=O) groups excluding carboxylic acids is 2. The van der Waals surface area contributed by atoms with E-state index in [0.29, 0.717) is 12.2 Å². The van der Waals surface area contributed by atoms with Crippen LogP contribution in [0.4, 0.5) is 0 Å². The highest BCUT2D eigenvalue weighted by molar-refractivity contribution is 7.98. The number of hydrogen-bond acceptors (Lipinski definition) is 5. The molecule has 1 rings (SSSR count). The first-order chi connectivity index (χ1) is 9.65. The largest absolute Gasteiger partial charge is 0.500 e. The van der Waals surface area contributed by atoms with Crippen LogP contribution in [-0.2, 0) is 14.3 Å². The maximum absolute atomic E-state index is 12.5. The zero-order valence-corrected chi connectivity index (χ0v) is 12.7. The molecule has 0 radical (unpaired) electrons. The minimum atomic E-state index is -0.665. The van der Waals surface area contributed by atoms with Gasteiger partial charge in [0.25, 0.3) is 0 Å². The standard InChI is InChI=1S/C15H18O4S/c1-4-18-10-12(15(17)19-5-2)14(16)11-8-6-7-9-13(11)20-3/h6-10H,4-5H2,1-3H3. The Labute approximate surface area is 123 Å². The molecule has 4 nitrogen and oxygen atoms in total. The Bertz CT molecular complexity index is 508. The van der Waals surface area contributed by atoms with E-state index in [1.807, 2.05) is 18.4 Å². The number of benzene rings is 1. The molecule has 0 aromatic heterocycles. The van der Waals surface area contributed by atoms with Crippen LogP contribution in [0.15, 0.2) is 41.0 Å². The molecule has 0 aliphatic heterocycles. The maximum atomic E-state index is 12.5. The molecule has 108 valence electrons. The van der Waals surface area contributed by atoms with Crippen molar-refractivity contribution in [2.75, 3.05) is 19.5 Å². The zero-order valence-electron chi connectivity index (χ0n) is 11.8. The summed E-state index contributed by atoms with van der Waals surface area (Å²) in [5.74, 6) is -1.05. The number of carbonyl (C=O) groups is 2. The first kappa shape index (κ1) is 16.3. The monoisotopic (exact) mass is 294 g/mol. The van der Waals surface area contributed by atoms with Gasteiger partial charge < -0.3 is 9.47 Å². The average Bonchev–Trinajstić information content (AvgIpc) is 2.47. The maximum Gasteiger partial charge on any atom is 0.345 e. The average molecular weight is 294 g/mol. The third-order valence-corrected chi connectivity index (χ3v) is 3.26. The van der Waals surface area contributed by atoms with Crippen molar-refractivity contribution >= 4 is 23.5 Å². The fourth-order valence-electron chi connectivity index (χ4n) is 1.55. The fraction of sp³-hybridized carbons (Fsp3) is 0.333. The van der Waals surface area contributed by atoms with Gasteiger partial charge in [0, 0.05) is 10.5 Å². The molecular formula is C15H18O4S. The second kappa shape index (κ2) is 8.43. The van der Waals surface area contributed by atoms with Gasteiger partial charge in [0.15, 0.2) is 0 Å². The Kier molecular flexibility index (Phi) is 6.87. The number of Topliss-reactive ketones (excluding diaryl/α,β-unsaturated/α-hetero) is 1. The smallest absolute Gasteiger partial charge is 0.345 e. The number of ether oxygens (including phenoxy) is 2. The quantitative estimate of drug-likeness (QED) is 0.147. The Morgan fingerprint density at radius 2 is 1.90 bits per heavy atom. The number of esters is 1. The third-order valence-electron chi connectivity index (χ3n) is 2.46. The molecule has 0 N–H and O–H groups in total. The van der Waals surface area contributed by atoms with Gasteiger partial charge in [-0.1, -0.05) is 12.1 Å². The van der Waals surface area contributed by atoms with E-state index in [2.05, 4.69) is 0 Å². The molecule has 20 heavy (non-hydrogen) atoms. The minimum Gasteiger partial charge on any atom is -0.500 e. The van der Waals surface area contributed by atoms with Crippen LogP contribution < -0.4 is 0 Å². The molecule has 5 heteroatoms. The molecule has 0 heterocycles. The number of thioether (sulfide) groups is 1. The predicted molar refractivity (Wildman–Crippen MR) is 78.9 cm³/mol. The molecule has 0 unspecified atom stereocenters. The molecule has 0 spiro atoms. The highest BCUT2D eigenvalue weighted by Crippen LogP contribution is 2.23. The van der Waals surface area contributed by atoms with E-state index in [9.17, 15) is 9.59 Å². The van der Waals surface area contributed by atoms with E-state index in [1.54, 1.807) is 26.0 Å². The predicted octanol–water partition coefficient (Wildman–Crippen LogP) is 3.07. The molecule has 1 aromatic rings. The van der Waals surface area contributed by atoms with Gasteiger partial charge in [0.05, 0.1) is 13.2 Å². The topological polar surface area (TPSA) is 52.6 Å². The van der Waals surface area contributed by atoms with Crippen molar-refractivity contribution in [1.82, 2.24) is 0 Å². The first-order valence-corrected chi connectivity index (χ1v) is 7.54. The van der Waals surface area contributed by atoms with Gasteiger partial charge in [-0.3, -0.25) is 4.79 Å². The van der Waals surface area contributed by atoms with Crippen molar-refractivity contribution in [2.24, 2.45) is 0 Å². The van der Waals surface area contributed by atoms with Crippen LogP contribution in [0.3, 0.4) is 0 Å². The van der Waals surface area contributed by atoms with Crippen molar-refractivity contribution < 1.29 is 19.1 Å². The molecule has 0 saturated heterocycles. The lowest BCUT2D eigenvalue weighted by molar-refractivity contribution is -0.138. The van der Waals surface area contributed by atoms with Crippen LogP contribution in [0.1, 0.15) is 24.2 Å². The lowest BCUT2D eigenvalue weighted by Gasteiger charge is -2.09. The zero-order chi connectivity index (χ0) is 15.0.